The SMILES string of the molecule is COB(C)OC(C)(C)C(C)C. The second kappa shape index (κ2) is 4.12. The second-order valence-electron chi connectivity index (χ2n) is 3.68. The van der Waals surface area contributed by atoms with Gasteiger partial charge in [0.15, 0.2) is 0 Å². The summed E-state index contributed by atoms with van der Waals surface area (Å²) in [6.07, 6.45) is 0. The maximum atomic E-state index is 5.63. The molecule has 0 aromatic heterocycles. The van der Waals surface area contributed by atoms with Crippen LogP contribution in [0.2, 0.25) is 6.82 Å². The molecule has 0 aromatic rings. The molecule has 66 valence electrons. The Kier molecular flexibility index (Phi) is 4.12. The number of rotatable bonds is 4. The molecule has 0 fully saturated rings. The molecule has 0 N–H and O–H groups in total. The van der Waals surface area contributed by atoms with E-state index < -0.39 is 0 Å². The summed E-state index contributed by atoms with van der Waals surface area (Å²) in [5, 5.41) is 0. The summed E-state index contributed by atoms with van der Waals surface area (Å²) in [7, 11) is 1.54. The van der Waals surface area contributed by atoms with Crippen LogP contribution >= 0.6 is 0 Å². The van der Waals surface area contributed by atoms with E-state index in [4.69, 9.17) is 9.31 Å². The van der Waals surface area contributed by atoms with Gasteiger partial charge in [-0.15, -0.1) is 0 Å². The van der Waals surface area contributed by atoms with E-state index in [1.807, 2.05) is 6.82 Å². The topological polar surface area (TPSA) is 18.5 Å². The first kappa shape index (κ1) is 11.0. The molecule has 0 radical (unpaired) electrons. The fourth-order valence-electron chi connectivity index (χ4n) is 0.612. The van der Waals surface area contributed by atoms with Gasteiger partial charge in [-0.1, -0.05) is 13.8 Å². The molecule has 0 amide bonds. The van der Waals surface area contributed by atoms with Crippen LogP contribution in [0, 0.1) is 5.92 Å². The van der Waals surface area contributed by atoms with E-state index in [-0.39, 0.29) is 12.7 Å². The van der Waals surface area contributed by atoms with Gasteiger partial charge in [0.05, 0.1) is 5.60 Å². The van der Waals surface area contributed by atoms with Crippen molar-refractivity contribution in [2.24, 2.45) is 5.92 Å². The lowest BCUT2D eigenvalue weighted by molar-refractivity contribution is 0.0346. The van der Waals surface area contributed by atoms with Gasteiger partial charge in [-0.25, -0.2) is 0 Å². The van der Waals surface area contributed by atoms with Crippen molar-refractivity contribution in [1.82, 2.24) is 0 Å². The number of hydrogen-bond acceptors (Lipinski definition) is 2. The molecule has 0 aliphatic rings. The first-order valence-electron chi connectivity index (χ1n) is 4.10. The molecule has 0 heterocycles. The molecule has 0 saturated carbocycles. The van der Waals surface area contributed by atoms with E-state index in [1.54, 1.807) is 7.11 Å². The van der Waals surface area contributed by atoms with E-state index in [9.17, 15) is 0 Å². The van der Waals surface area contributed by atoms with Gasteiger partial charge in [-0.2, -0.15) is 0 Å². The Morgan fingerprint density at radius 1 is 1.27 bits per heavy atom. The predicted molar refractivity (Wildman–Crippen MR) is 48.6 cm³/mol. The van der Waals surface area contributed by atoms with E-state index in [2.05, 4.69) is 27.7 Å². The Morgan fingerprint density at radius 3 is 2.00 bits per heavy atom. The van der Waals surface area contributed by atoms with Crippen molar-refractivity contribution >= 4 is 7.12 Å². The monoisotopic (exact) mass is 158 g/mol. The zero-order chi connectivity index (χ0) is 9.07. The van der Waals surface area contributed by atoms with Gasteiger partial charge in [-0.3, -0.25) is 0 Å². The Morgan fingerprint density at radius 2 is 1.73 bits per heavy atom. The van der Waals surface area contributed by atoms with E-state index >= 15 is 0 Å². The molecule has 0 atom stereocenters. The third-order valence-electron chi connectivity index (χ3n) is 2.19. The molecular weight excluding hydrogens is 139 g/mol. The fourth-order valence-corrected chi connectivity index (χ4v) is 0.612. The summed E-state index contributed by atoms with van der Waals surface area (Å²) in [6, 6.07) is 0. The van der Waals surface area contributed by atoms with Gasteiger partial charge >= 0.3 is 7.12 Å². The number of hydrogen-bond donors (Lipinski definition) is 0. The maximum absolute atomic E-state index is 5.63. The Balaban J connectivity index is 3.90. The van der Waals surface area contributed by atoms with Crippen LogP contribution in [-0.2, 0) is 9.31 Å². The van der Waals surface area contributed by atoms with Crippen molar-refractivity contribution < 1.29 is 9.31 Å². The third-order valence-corrected chi connectivity index (χ3v) is 2.19. The maximum Gasteiger partial charge on any atom is 0.453 e. The minimum atomic E-state index is -0.118. The summed E-state index contributed by atoms with van der Waals surface area (Å²) < 4.78 is 10.6. The van der Waals surface area contributed by atoms with Crippen molar-refractivity contribution in [2.75, 3.05) is 7.11 Å². The predicted octanol–water partition coefficient (Wildman–Crippen LogP) is 2.20. The highest BCUT2D eigenvalue weighted by molar-refractivity contribution is 6.42. The zero-order valence-electron chi connectivity index (χ0n) is 8.47. The van der Waals surface area contributed by atoms with Crippen LogP contribution in [0.1, 0.15) is 27.7 Å². The highest BCUT2D eigenvalue weighted by atomic mass is 16.6. The first-order chi connectivity index (χ1) is 4.90. The van der Waals surface area contributed by atoms with Crippen molar-refractivity contribution in [3.05, 3.63) is 0 Å². The van der Waals surface area contributed by atoms with E-state index in [1.165, 1.54) is 0 Å². The first-order valence-corrected chi connectivity index (χ1v) is 4.10. The molecule has 2 nitrogen and oxygen atoms in total. The smallest absolute Gasteiger partial charge is 0.414 e. The summed E-state index contributed by atoms with van der Waals surface area (Å²) in [6.45, 7) is 10.3. The van der Waals surface area contributed by atoms with Crippen molar-refractivity contribution in [3.8, 4) is 0 Å². The minimum Gasteiger partial charge on any atom is -0.414 e. The highest BCUT2D eigenvalue weighted by Gasteiger charge is 2.27. The van der Waals surface area contributed by atoms with E-state index in [0.717, 1.165) is 0 Å². The molecule has 0 unspecified atom stereocenters. The lowest BCUT2D eigenvalue weighted by Gasteiger charge is -2.31. The molecule has 0 aliphatic heterocycles. The standard InChI is InChI=1S/C8H19BO2/c1-7(2)8(3,4)11-9(5)10-6/h7H,1-6H3. The largest absolute Gasteiger partial charge is 0.453 e. The normalized spacial score (nSPS) is 12.3. The highest BCUT2D eigenvalue weighted by Crippen LogP contribution is 2.21. The van der Waals surface area contributed by atoms with Crippen LogP contribution in [0.25, 0.3) is 0 Å². The van der Waals surface area contributed by atoms with Gasteiger partial charge in [-0.05, 0) is 26.6 Å². The van der Waals surface area contributed by atoms with Gasteiger partial charge in [0.2, 0.25) is 0 Å². The summed E-state index contributed by atoms with van der Waals surface area (Å²) in [4.78, 5) is 0. The zero-order valence-corrected chi connectivity index (χ0v) is 8.47. The van der Waals surface area contributed by atoms with Gasteiger partial charge in [0, 0.05) is 7.11 Å². The Bertz CT molecular complexity index is 113. The van der Waals surface area contributed by atoms with Gasteiger partial charge < -0.3 is 9.31 Å². The van der Waals surface area contributed by atoms with Crippen molar-refractivity contribution in [1.29, 1.82) is 0 Å². The lowest BCUT2D eigenvalue weighted by atomic mass is 9.87. The van der Waals surface area contributed by atoms with Crippen LogP contribution < -0.4 is 0 Å². The second-order valence-corrected chi connectivity index (χ2v) is 3.68. The molecule has 3 heteroatoms. The van der Waals surface area contributed by atoms with Crippen LogP contribution in [0.15, 0.2) is 0 Å². The Labute approximate surface area is 70.4 Å². The quantitative estimate of drug-likeness (QED) is 0.584. The molecule has 0 bridgehead atoms. The van der Waals surface area contributed by atoms with Crippen LogP contribution in [0.5, 0.6) is 0 Å². The molecule has 0 rings (SSSR count). The summed E-state index contributed by atoms with van der Waals surface area (Å²) in [5.41, 5.74) is -0.102. The minimum absolute atomic E-state index is 0.102. The molecule has 11 heavy (non-hydrogen) atoms. The molecule has 0 saturated heterocycles. The lowest BCUT2D eigenvalue weighted by Crippen LogP contribution is -2.37. The summed E-state index contributed by atoms with van der Waals surface area (Å²) >= 11 is 0. The third kappa shape index (κ3) is 3.78. The average Bonchev–Trinajstić information content (AvgIpc) is 1.86. The van der Waals surface area contributed by atoms with Crippen LogP contribution in [-0.4, -0.2) is 19.8 Å². The van der Waals surface area contributed by atoms with Gasteiger partial charge in [0.1, 0.15) is 0 Å². The van der Waals surface area contributed by atoms with Gasteiger partial charge in [0.25, 0.3) is 0 Å². The Hall–Kier alpha value is -0.0151. The molecule has 0 aromatic carbocycles. The molecular formula is C8H19BO2. The van der Waals surface area contributed by atoms with Crippen molar-refractivity contribution in [3.63, 3.8) is 0 Å². The summed E-state index contributed by atoms with van der Waals surface area (Å²) in [5.74, 6) is 0.500. The molecule has 0 aliphatic carbocycles. The van der Waals surface area contributed by atoms with Crippen LogP contribution in [0.4, 0.5) is 0 Å². The average molecular weight is 158 g/mol. The molecule has 0 spiro atoms. The van der Waals surface area contributed by atoms with Crippen LogP contribution in [0.3, 0.4) is 0 Å². The fraction of sp³-hybridized carbons (Fsp3) is 1.00. The van der Waals surface area contributed by atoms with E-state index in [0.29, 0.717) is 5.92 Å². The van der Waals surface area contributed by atoms with Crippen molar-refractivity contribution in [2.45, 2.75) is 40.1 Å².